The van der Waals surface area contributed by atoms with E-state index in [-0.39, 0.29) is 0 Å². The zero-order valence-corrected chi connectivity index (χ0v) is 8.60. The smallest absolute Gasteiger partial charge is 0.125 e. The minimum absolute atomic E-state index is 0.422. The van der Waals surface area contributed by atoms with Crippen molar-refractivity contribution in [2.45, 2.75) is 26.1 Å². The second-order valence-electron chi connectivity index (χ2n) is 3.91. The summed E-state index contributed by atoms with van der Waals surface area (Å²) in [6.45, 7) is 3.75. The van der Waals surface area contributed by atoms with Crippen molar-refractivity contribution in [1.82, 2.24) is 15.1 Å². The summed E-state index contributed by atoms with van der Waals surface area (Å²) in [7, 11) is 0. The number of rotatable bonds is 2. The van der Waals surface area contributed by atoms with Gasteiger partial charge in [0.1, 0.15) is 5.76 Å². The van der Waals surface area contributed by atoms with E-state index in [9.17, 15) is 0 Å². The maximum Gasteiger partial charge on any atom is 0.125 e. The number of aromatic nitrogens is 2. The average molecular weight is 203 g/mol. The Labute approximate surface area is 87.9 Å². The minimum atomic E-state index is 0.422. The lowest BCUT2D eigenvalue weighted by Crippen LogP contribution is -2.10. The van der Waals surface area contributed by atoms with E-state index in [1.54, 1.807) is 6.26 Å². The van der Waals surface area contributed by atoms with Crippen LogP contribution in [0.1, 0.15) is 30.0 Å². The Morgan fingerprint density at radius 1 is 1.67 bits per heavy atom. The third kappa shape index (κ3) is 1.47. The largest absolute Gasteiger partial charge is 0.467 e. The van der Waals surface area contributed by atoms with Crippen molar-refractivity contribution in [2.24, 2.45) is 0 Å². The Morgan fingerprint density at radius 2 is 2.60 bits per heavy atom. The third-order valence-corrected chi connectivity index (χ3v) is 2.81. The van der Waals surface area contributed by atoms with Crippen LogP contribution < -0.4 is 5.32 Å². The van der Waals surface area contributed by atoms with Crippen molar-refractivity contribution in [1.29, 1.82) is 0 Å². The Morgan fingerprint density at radius 3 is 3.33 bits per heavy atom. The topological polar surface area (TPSA) is 43.0 Å². The van der Waals surface area contributed by atoms with Crippen LogP contribution in [-0.2, 0) is 13.1 Å². The van der Waals surface area contributed by atoms with Gasteiger partial charge in [-0.25, -0.2) is 0 Å². The molecule has 0 aromatic carbocycles. The normalized spacial score (nSPS) is 19.4. The summed E-state index contributed by atoms with van der Waals surface area (Å²) in [6.07, 6.45) is 3.79. The van der Waals surface area contributed by atoms with Crippen LogP contribution in [0, 0.1) is 0 Å². The molecule has 1 unspecified atom stereocenters. The lowest BCUT2D eigenvalue weighted by Gasteiger charge is -2.02. The molecule has 2 aromatic rings. The van der Waals surface area contributed by atoms with E-state index >= 15 is 0 Å². The molecule has 0 saturated heterocycles. The molecule has 0 saturated carbocycles. The second-order valence-corrected chi connectivity index (χ2v) is 3.91. The standard InChI is InChI=1S/C11H13N3O/c1-8-10-7-14(13-11(10)5-12-8)6-9-3-2-4-15-9/h2-4,7-8,12H,5-6H2,1H3. The number of nitrogens with one attached hydrogen (secondary N) is 1. The molecule has 15 heavy (non-hydrogen) atoms. The Bertz CT molecular complexity index is 458. The van der Waals surface area contributed by atoms with E-state index < -0.39 is 0 Å². The van der Waals surface area contributed by atoms with Gasteiger partial charge in [0.15, 0.2) is 0 Å². The molecule has 1 N–H and O–H groups in total. The lowest BCUT2D eigenvalue weighted by atomic mass is 10.2. The molecule has 1 aliphatic heterocycles. The summed E-state index contributed by atoms with van der Waals surface area (Å²) in [6, 6.07) is 4.29. The van der Waals surface area contributed by atoms with E-state index in [0.29, 0.717) is 12.6 Å². The quantitative estimate of drug-likeness (QED) is 0.807. The zero-order valence-electron chi connectivity index (χ0n) is 8.60. The molecule has 1 atom stereocenters. The van der Waals surface area contributed by atoms with Crippen molar-refractivity contribution >= 4 is 0 Å². The fourth-order valence-corrected chi connectivity index (χ4v) is 1.98. The lowest BCUT2D eigenvalue weighted by molar-refractivity contribution is 0.476. The molecular formula is C11H13N3O. The van der Waals surface area contributed by atoms with E-state index in [1.807, 2.05) is 16.8 Å². The van der Waals surface area contributed by atoms with Gasteiger partial charge in [0.2, 0.25) is 0 Å². The number of nitrogens with zero attached hydrogens (tertiary/aromatic N) is 2. The Kier molecular flexibility index (Phi) is 1.89. The van der Waals surface area contributed by atoms with Crippen LogP contribution in [0.5, 0.6) is 0 Å². The molecule has 0 bridgehead atoms. The van der Waals surface area contributed by atoms with Crippen LogP contribution in [0.25, 0.3) is 0 Å². The predicted octanol–water partition coefficient (Wildman–Crippen LogP) is 1.69. The van der Waals surface area contributed by atoms with E-state index in [1.165, 1.54) is 5.56 Å². The fraction of sp³-hybridized carbons (Fsp3) is 0.364. The number of furan rings is 1. The molecule has 0 radical (unpaired) electrons. The fourth-order valence-electron chi connectivity index (χ4n) is 1.98. The van der Waals surface area contributed by atoms with Gasteiger partial charge < -0.3 is 9.73 Å². The average Bonchev–Trinajstić information content (AvgIpc) is 2.88. The van der Waals surface area contributed by atoms with Crippen LogP contribution in [0.4, 0.5) is 0 Å². The van der Waals surface area contributed by atoms with E-state index in [2.05, 4.69) is 23.5 Å². The van der Waals surface area contributed by atoms with Crippen LogP contribution in [0.2, 0.25) is 0 Å². The van der Waals surface area contributed by atoms with E-state index in [4.69, 9.17) is 4.42 Å². The van der Waals surface area contributed by atoms with E-state index in [0.717, 1.165) is 18.0 Å². The summed E-state index contributed by atoms with van der Waals surface area (Å²) in [5.74, 6) is 0.941. The molecule has 2 aromatic heterocycles. The Hall–Kier alpha value is -1.55. The highest BCUT2D eigenvalue weighted by Crippen LogP contribution is 2.23. The minimum Gasteiger partial charge on any atom is -0.467 e. The highest BCUT2D eigenvalue weighted by Gasteiger charge is 2.21. The molecule has 0 aliphatic carbocycles. The summed E-state index contributed by atoms with van der Waals surface area (Å²) in [5, 5.41) is 7.86. The highest BCUT2D eigenvalue weighted by molar-refractivity contribution is 5.25. The van der Waals surface area contributed by atoms with Gasteiger partial charge in [0.25, 0.3) is 0 Å². The summed E-state index contributed by atoms with van der Waals surface area (Å²) in [4.78, 5) is 0. The maximum atomic E-state index is 5.29. The number of hydrogen-bond acceptors (Lipinski definition) is 3. The monoisotopic (exact) mass is 203 g/mol. The maximum absolute atomic E-state index is 5.29. The molecule has 3 rings (SSSR count). The van der Waals surface area contributed by atoms with Crippen molar-refractivity contribution in [2.75, 3.05) is 0 Å². The zero-order chi connectivity index (χ0) is 10.3. The van der Waals surface area contributed by atoms with Gasteiger partial charge in [-0.15, -0.1) is 0 Å². The first-order valence-corrected chi connectivity index (χ1v) is 5.15. The predicted molar refractivity (Wildman–Crippen MR) is 55.3 cm³/mol. The molecule has 0 spiro atoms. The van der Waals surface area contributed by atoms with Crippen molar-refractivity contribution in [3.05, 3.63) is 41.6 Å². The Balaban J connectivity index is 1.86. The molecule has 3 heterocycles. The van der Waals surface area contributed by atoms with Gasteiger partial charge in [0.05, 0.1) is 18.5 Å². The van der Waals surface area contributed by atoms with Gasteiger partial charge in [-0.3, -0.25) is 4.68 Å². The van der Waals surface area contributed by atoms with Crippen molar-refractivity contribution in [3.8, 4) is 0 Å². The SMILES string of the molecule is CC1NCc2nn(Cc3ccco3)cc21. The number of hydrogen-bond donors (Lipinski definition) is 1. The molecule has 4 heteroatoms. The van der Waals surface area contributed by atoms with Gasteiger partial charge in [-0.05, 0) is 19.1 Å². The van der Waals surface area contributed by atoms with Crippen LogP contribution in [-0.4, -0.2) is 9.78 Å². The highest BCUT2D eigenvalue weighted by atomic mass is 16.3. The first kappa shape index (κ1) is 8.73. The first-order valence-electron chi connectivity index (χ1n) is 5.15. The van der Waals surface area contributed by atoms with Gasteiger partial charge in [-0.2, -0.15) is 5.10 Å². The molecule has 1 aliphatic rings. The van der Waals surface area contributed by atoms with Gasteiger partial charge >= 0.3 is 0 Å². The van der Waals surface area contributed by atoms with Crippen LogP contribution >= 0.6 is 0 Å². The molecule has 0 amide bonds. The van der Waals surface area contributed by atoms with Crippen LogP contribution in [0.3, 0.4) is 0 Å². The summed E-state index contributed by atoms with van der Waals surface area (Å²) in [5.41, 5.74) is 2.47. The van der Waals surface area contributed by atoms with Crippen molar-refractivity contribution < 1.29 is 4.42 Å². The van der Waals surface area contributed by atoms with Gasteiger partial charge in [0, 0.05) is 24.3 Å². The first-order chi connectivity index (χ1) is 7.33. The number of fused-ring (bicyclic) bond motifs is 1. The molecule has 78 valence electrons. The molecule has 4 nitrogen and oxygen atoms in total. The summed E-state index contributed by atoms with van der Waals surface area (Å²) >= 11 is 0. The second kappa shape index (κ2) is 3.24. The third-order valence-electron chi connectivity index (χ3n) is 2.81. The summed E-state index contributed by atoms with van der Waals surface area (Å²) < 4.78 is 7.23. The van der Waals surface area contributed by atoms with Gasteiger partial charge in [-0.1, -0.05) is 0 Å². The molecular weight excluding hydrogens is 190 g/mol. The molecule has 0 fully saturated rings. The van der Waals surface area contributed by atoms with Crippen LogP contribution in [0.15, 0.2) is 29.0 Å². The van der Waals surface area contributed by atoms with Crippen molar-refractivity contribution in [3.63, 3.8) is 0 Å².